The molecule has 1 aromatic carbocycles. The number of rotatable bonds is 5. The molecular formula is C18H25N5O2. The number of amides is 2. The number of hydrogen-bond donors (Lipinski definition) is 2. The summed E-state index contributed by atoms with van der Waals surface area (Å²) in [5.41, 5.74) is 1.51. The fourth-order valence-electron chi connectivity index (χ4n) is 3.07. The Morgan fingerprint density at radius 2 is 2.16 bits per heavy atom. The van der Waals surface area contributed by atoms with Crippen molar-refractivity contribution in [3.8, 4) is 11.4 Å². The molecule has 0 spiro atoms. The highest BCUT2D eigenvalue weighted by Crippen LogP contribution is 2.20. The molecule has 1 aromatic heterocycles. The second-order valence-corrected chi connectivity index (χ2v) is 6.63. The van der Waals surface area contributed by atoms with Gasteiger partial charge in [0.05, 0.1) is 0 Å². The molecular weight excluding hydrogens is 318 g/mol. The first-order chi connectivity index (χ1) is 12.1. The summed E-state index contributed by atoms with van der Waals surface area (Å²) in [7, 11) is 2.16. The Morgan fingerprint density at radius 3 is 2.88 bits per heavy atom. The standard InChI is InChI=1S/C18H25N5O2/c1-13-20-17(22-25-13)15-4-3-5-16(12-15)21-18(24)19-9-6-14-7-10-23(2)11-8-14/h3-5,12,14H,6-11H2,1-2H3,(H2,19,21,24). The van der Waals surface area contributed by atoms with Gasteiger partial charge in [0.2, 0.25) is 11.7 Å². The Bertz CT molecular complexity index is 707. The zero-order valence-corrected chi connectivity index (χ0v) is 14.8. The summed E-state index contributed by atoms with van der Waals surface area (Å²) in [6.45, 7) is 4.75. The Kier molecular flexibility index (Phi) is 5.65. The number of hydrogen-bond acceptors (Lipinski definition) is 5. The second kappa shape index (κ2) is 8.11. The number of carbonyl (C=O) groups excluding carboxylic acids is 1. The number of anilines is 1. The number of urea groups is 1. The Hall–Kier alpha value is -2.41. The molecule has 0 aliphatic carbocycles. The van der Waals surface area contributed by atoms with Gasteiger partial charge in [-0.3, -0.25) is 0 Å². The van der Waals surface area contributed by atoms with E-state index in [0.717, 1.165) is 25.1 Å². The third-order valence-corrected chi connectivity index (χ3v) is 4.58. The van der Waals surface area contributed by atoms with E-state index in [-0.39, 0.29) is 6.03 Å². The van der Waals surface area contributed by atoms with Crippen molar-refractivity contribution in [1.82, 2.24) is 20.4 Å². The first-order valence-electron chi connectivity index (χ1n) is 8.74. The van der Waals surface area contributed by atoms with Crippen molar-refractivity contribution < 1.29 is 9.32 Å². The molecule has 2 amide bonds. The Labute approximate surface area is 147 Å². The normalized spacial score (nSPS) is 15.9. The number of piperidine rings is 1. The molecule has 0 unspecified atom stereocenters. The minimum Gasteiger partial charge on any atom is -0.339 e. The van der Waals surface area contributed by atoms with Gasteiger partial charge in [0.25, 0.3) is 0 Å². The number of nitrogens with one attached hydrogen (secondary N) is 2. The van der Waals surface area contributed by atoms with Crippen LogP contribution in [0.2, 0.25) is 0 Å². The molecule has 134 valence electrons. The van der Waals surface area contributed by atoms with E-state index in [1.165, 1.54) is 12.8 Å². The number of aromatic nitrogens is 2. The van der Waals surface area contributed by atoms with Crippen molar-refractivity contribution in [1.29, 1.82) is 0 Å². The van der Waals surface area contributed by atoms with Crippen molar-refractivity contribution in [3.63, 3.8) is 0 Å². The van der Waals surface area contributed by atoms with Gasteiger partial charge in [-0.1, -0.05) is 17.3 Å². The van der Waals surface area contributed by atoms with Crippen molar-refractivity contribution in [2.24, 2.45) is 5.92 Å². The lowest BCUT2D eigenvalue weighted by Crippen LogP contribution is -2.34. The van der Waals surface area contributed by atoms with Crippen molar-refractivity contribution >= 4 is 11.7 Å². The SMILES string of the molecule is Cc1nc(-c2cccc(NC(=O)NCCC3CCN(C)CC3)c2)no1. The molecule has 1 fully saturated rings. The van der Waals surface area contributed by atoms with E-state index < -0.39 is 0 Å². The number of benzene rings is 1. The van der Waals surface area contributed by atoms with E-state index >= 15 is 0 Å². The lowest BCUT2D eigenvalue weighted by atomic mass is 9.94. The van der Waals surface area contributed by atoms with E-state index in [1.54, 1.807) is 6.92 Å². The third kappa shape index (κ3) is 5.03. The lowest BCUT2D eigenvalue weighted by Gasteiger charge is -2.28. The number of carbonyl (C=O) groups is 1. The van der Waals surface area contributed by atoms with E-state index in [4.69, 9.17) is 4.52 Å². The monoisotopic (exact) mass is 343 g/mol. The average Bonchev–Trinajstić information content (AvgIpc) is 3.03. The predicted octanol–water partition coefficient (Wildman–Crippen LogP) is 2.90. The molecule has 25 heavy (non-hydrogen) atoms. The third-order valence-electron chi connectivity index (χ3n) is 4.58. The van der Waals surface area contributed by atoms with Gasteiger partial charge in [0.15, 0.2) is 0 Å². The molecule has 7 heteroatoms. The Balaban J connectivity index is 1.46. The lowest BCUT2D eigenvalue weighted by molar-refractivity contribution is 0.211. The maximum absolute atomic E-state index is 12.1. The first kappa shape index (κ1) is 17.4. The molecule has 0 saturated carbocycles. The van der Waals surface area contributed by atoms with Gasteiger partial charge < -0.3 is 20.1 Å². The van der Waals surface area contributed by atoms with Gasteiger partial charge in [0, 0.05) is 24.7 Å². The van der Waals surface area contributed by atoms with Crippen LogP contribution >= 0.6 is 0 Å². The first-order valence-corrected chi connectivity index (χ1v) is 8.74. The molecule has 2 N–H and O–H groups in total. The van der Waals surface area contributed by atoms with Crippen LogP contribution in [0.5, 0.6) is 0 Å². The molecule has 1 aliphatic rings. The summed E-state index contributed by atoms with van der Waals surface area (Å²) in [5, 5.41) is 9.69. The maximum Gasteiger partial charge on any atom is 0.319 e. The molecule has 1 saturated heterocycles. The summed E-state index contributed by atoms with van der Waals surface area (Å²) in [6.07, 6.45) is 3.46. The van der Waals surface area contributed by atoms with Crippen LogP contribution in [0.15, 0.2) is 28.8 Å². The summed E-state index contributed by atoms with van der Waals surface area (Å²) < 4.78 is 4.99. The maximum atomic E-state index is 12.1. The second-order valence-electron chi connectivity index (χ2n) is 6.63. The summed E-state index contributed by atoms with van der Waals surface area (Å²) >= 11 is 0. The molecule has 0 radical (unpaired) electrons. The van der Waals surface area contributed by atoms with Crippen LogP contribution in [0.1, 0.15) is 25.2 Å². The fraction of sp³-hybridized carbons (Fsp3) is 0.500. The summed E-state index contributed by atoms with van der Waals surface area (Å²) in [4.78, 5) is 18.6. The van der Waals surface area contributed by atoms with Crippen LogP contribution in [0.4, 0.5) is 10.5 Å². The van der Waals surface area contributed by atoms with Gasteiger partial charge in [0.1, 0.15) is 0 Å². The van der Waals surface area contributed by atoms with Crippen LogP contribution in [-0.2, 0) is 0 Å². The van der Waals surface area contributed by atoms with Crippen LogP contribution in [0.3, 0.4) is 0 Å². The van der Waals surface area contributed by atoms with Crippen molar-refractivity contribution in [2.45, 2.75) is 26.2 Å². The highest BCUT2D eigenvalue weighted by atomic mass is 16.5. The van der Waals surface area contributed by atoms with Gasteiger partial charge in [-0.15, -0.1) is 0 Å². The molecule has 2 heterocycles. The molecule has 0 atom stereocenters. The minimum atomic E-state index is -0.186. The number of likely N-dealkylation sites (tertiary alicyclic amines) is 1. The van der Waals surface area contributed by atoms with Gasteiger partial charge in [-0.2, -0.15) is 4.98 Å². The van der Waals surface area contributed by atoms with Crippen molar-refractivity contribution in [2.75, 3.05) is 32.0 Å². The molecule has 2 aromatic rings. The average molecular weight is 343 g/mol. The van der Waals surface area contributed by atoms with Gasteiger partial charge >= 0.3 is 6.03 Å². The van der Waals surface area contributed by atoms with E-state index in [1.807, 2.05) is 24.3 Å². The molecule has 7 nitrogen and oxygen atoms in total. The highest BCUT2D eigenvalue weighted by molar-refractivity contribution is 5.89. The smallest absolute Gasteiger partial charge is 0.319 e. The molecule has 3 rings (SSSR count). The summed E-state index contributed by atoms with van der Waals surface area (Å²) in [5.74, 6) is 1.74. The minimum absolute atomic E-state index is 0.186. The quantitative estimate of drug-likeness (QED) is 0.872. The molecule has 1 aliphatic heterocycles. The van der Waals surface area contributed by atoms with Gasteiger partial charge in [-0.25, -0.2) is 4.79 Å². The van der Waals surface area contributed by atoms with Crippen LogP contribution in [0.25, 0.3) is 11.4 Å². The van der Waals surface area contributed by atoms with Crippen LogP contribution in [-0.4, -0.2) is 47.8 Å². The highest BCUT2D eigenvalue weighted by Gasteiger charge is 2.16. The topological polar surface area (TPSA) is 83.3 Å². The summed E-state index contributed by atoms with van der Waals surface area (Å²) in [6, 6.07) is 7.23. The van der Waals surface area contributed by atoms with E-state index in [0.29, 0.717) is 29.9 Å². The largest absolute Gasteiger partial charge is 0.339 e. The van der Waals surface area contributed by atoms with E-state index in [9.17, 15) is 4.79 Å². The fourth-order valence-corrected chi connectivity index (χ4v) is 3.07. The van der Waals surface area contributed by atoms with Crippen LogP contribution in [0, 0.1) is 12.8 Å². The zero-order chi connectivity index (χ0) is 17.6. The van der Waals surface area contributed by atoms with Crippen LogP contribution < -0.4 is 10.6 Å². The number of nitrogens with zero attached hydrogens (tertiary/aromatic N) is 3. The molecule has 0 bridgehead atoms. The number of aryl methyl sites for hydroxylation is 1. The van der Waals surface area contributed by atoms with Crippen molar-refractivity contribution in [3.05, 3.63) is 30.2 Å². The van der Waals surface area contributed by atoms with E-state index in [2.05, 4.69) is 32.7 Å². The van der Waals surface area contributed by atoms with Gasteiger partial charge in [-0.05, 0) is 57.5 Å². The Morgan fingerprint density at radius 1 is 1.36 bits per heavy atom. The predicted molar refractivity (Wildman–Crippen MR) is 96.3 cm³/mol. The zero-order valence-electron chi connectivity index (χ0n) is 14.8.